The molecule has 0 atom stereocenters. The highest BCUT2D eigenvalue weighted by Gasteiger charge is 2.20. The molecule has 89 valence electrons. The minimum atomic E-state index is -4.54. The monoisotopic (exact) mass is 267 g/mol. The molecule has 0 saturated heterocycles. The highest BCUT2D eigenvalue weighted by Crippen LogP contribution is 2.26. The van der Waals surface area contributed by atoms with Crippen LogP contribution in [0.4, 0.5) is 0 Å². The fourth-order valence-electron chi connectivity index (χ4n) is 0.950. The van der Waals surface area contributed by atoms with Crippen LogP contribution < -0.4 is 4.74 Å². The molecule has 0 heterocycles. The van der Waals surface area contributed by atoms with Crippen molar-refractivity contribution in [2.45, 2.75) is 9.79 Å². The summed E-state index contributed by atoms with van der Waals surface area (Å²) >= 11 is 0. The van der Waals surface area contributed by atoms with Gasteiger partial charge in [0.25, 0.3) is 20.2 Å². The molecular formula is C7H7O7S2. The molecular weight excluding hydrogens is 260 g/mol. The van der Waals surface area contributed by atoms with Crippen molar-refractivity contribution in [1.82, 2.24) is 0 Å². The normalized spacial score (nSPS) is 12.4. The summed E-state index contributed by atoms with van der Waals surface area (Å²) in [6.07, 6.45) is 0. The molecule has 7 nitrogen and oxygen atoms in total. The molecule has 0 fully saturated rings. The van der Waals surface area contributed by atoms with Crippen LogP contribution in [-0.2, 0) is 20.2 Å². The van der Waals surface area contributed by atoms with Crippen LogP contribution in [0.5, 0.6) is 5.75 Å². The third-order valence-corrected chi connectivity index (χ3v) is 3.29. The molecule has 0 aliphatic heterocycles. The van der Waals surface area contributed by atoms with Crippen LogP contribution in [0.2, 0.25) is 0 Å². The Morgan fingerprint density at radius 3 is 2.12 bits per heavy atom. The van der Waals surface area contributed by atoms with E-state index in [0.29, 0.717) is 6.07 Å². The second-order valence-electron chi connectivity index (χ2n) is 2.68. The number of rotatable bonds is 3. The van der Waals surface area contributed by atoms with Gasteiger partial charge in [0.05, 0.1) is 7.11 Å². The molecule has 1 aromatic carbocycles. The van der Waals surface area contributed by atoms with Gasteiger partial charge in [-0.3, -0.25) is 9.11 Å². The van der Waals surface area contributed by atoms with Gasteiger partial charge in [-0.25, -0.2) is 0 Å². The fourth-order valence-corrected chi connectivity index (χ4v) is 2.02. The summed E-state index contributed by atoms with van der Waals surface area (Å²) in [6.45, 7) is 0. The van der Waals surface area contributed by atoms with E-state index in [4.69, 9.17) is 9.11 Å². The third kappa shape index (κ3) is 2.70. The zero-order valence-electron chi connectivity index (χ0n) is 7.91. The van der Waals surface area contributed by atoms with Crippen molar-refractivity contribution in [2.24, 2.45) is 0 Å². The first kappa shape index (κ1) is 12.9. The summed E-state index contributed by atoms with van der Waals surface area (Å²) in [5.74, 6) is -0.408. The van der Waals surface area contributed by atoms with Gasteiger partial charge in [-0.2, -0.15) is 16.8 Å². The predicted molar refractivity (Wildman–Crippen MR) is 51.5 cm³/mol. The van der Waals surface area contributed by atoms with E-state index in [0.717, 1.165) is 13.2 Å². The molecule has 9 heteroatoms. The van der Waals surface area contributed by atoms with Crippen molar-refractivity contribution in [3.05, 3.63) is 18.2 Å². The van der Waals surface area contributed by atoms with Crippen molar-refractivity contribution < 1.29 is 30.7 Å². The Bertz CT molecular complexity index is 600. The van der Waals surface area contributed by atoms with E-state index in [-0.39, 0.29) is 0 Å². The van der Waals surface area contributed by atoms with Crippen molar-refractivity contribution in [3.63, 3.8) is 0 Å². The molecule has 2 N–H and O–H groups in total. The molecule has 1 aromatic rings. The Morgan fingerprint density at radius 2 is 1.75 bits per heavy atom. The second kappa shape index (κ2) is 4.01. The summed E-state index contributed by atoms with van der Waals surface area (Å²) in [5.41, 5.74) is 0. The van der Waals surface area contributed by atoms with Gasteiger partial charge in [0, 0.05) is 12.1 Å². The molecule has 0 aliphatic carbocycles. The first-order chi connectivity index (χ1) is 7.16. The van der Waals surface area contributed by atoms with Gasteiger partial charge in [0.1, 0.15) is 15.5 Å². The standard InChI is InChI=1S/C7H7O7S2/c1-14-6-4-5(15(8,9)10)2-3-7(6)16(11,12)13/h3-4H,1H3,(H,8,9,10)(H,11,12,13). The van der Waals surface area contributed by atoms with E-state index >= 15 is 0 Å². The average molecular weight is 267 g/mol. The van der Waals surface area contributed by atoms with E-state index in [9.17, 15) is 16.8 Å². The number of benzene rings is 1. The van der Waals surface area contributed by atoms with E-state index in [2.05, 4.69) is 4.74 Å². The van der Waals surface area contributed by atoms with E-state index in [1.54, 1.807) is 0 Å². The molecule has 0 bridgehead atoms. The summed E-state index contributed by atoms with van der Waals surface area (Å²) in [4.78, 5) is -1.29. The zero-order chi connectivity index (χ0) is 12.6. The fraction of sp³-hybridized carbons (Fsp3) is 0.143. The maximum Gasteiger partial charge on any atom is 0.298 e. The van der Waals surface area contributed by atoms with Gasteiger partial charge < -0.3 is 4.74 Å². The first-order valence-corrected chi connectivity index (χ1v) is 6.59. The molecule has 0 aliphatic rings. The largest absolute Gasteiger partial charge is 0.495 e. The SMILES string of the molecule is COc1cc(S(=O)(=O)O)[c]cc1S(=O)(=O)O. The summed E-state index contributed by atoms with van der Waals surface area (Å²) in [5, 5.41) is 0. The Labute approximate surface area is 92.2 Å². The van der Waals surface area contributed by atoms with Crippen molar-refractivity contribution in [1.29, 1.82) is 0 Å². The summed E-state index contributed by atoms with van der Waals surface area (Å²) in [7, 11) is -7.97. The zero-order valence-corrected chi connectivity index (χ0v) is 9.54. The van der Waals surface area contributed by atoms with Crippen molar-refractivity contribution >= 4 is 20.2 Å². The maximum atomic E-state index is 10.8. The molecule has 0 saturated carbocycles. The Kier molecular flexibility index (Phi) is 3.24. The lowest BCUT2D eigenvalue weighted by Crippen LogP contribution is -2.04. The van der Waals surface area contributed by atoms with Gasteiger partial charge in [0.15, 0.2) is 0 Å². The summed E-state index contributed by atoms with van der Waals surface area (Å²) in [6, 6.07) is 3.43. The number of ether oxygens (including phenoxy) is 1. The average Bonchev–Trinajstić information content (AvgIpc) is 2.14. The van der Waals surface area contributed by atoms with E-state index in [1.807, 2.05) is 6.07 Å². The molecule has 0 aromatic heterocycles. The van der Waals surface area contributed by atoms with Crippen LogP contribution in [0.25, 0.3) is 0 Å². The first-order valence-electron chi connectivity index (χ1n) is 3.71. The van der Waals surface area contributed by atoms with E-state index in [1.165, 1.54) is 0 Å². The molecule has 1 rings (SSSR count). The lowest BCUT2D eigenvalue weighted by molar-refractivity contribution is 0.395. The topological polar surface area (TPSA) is 118 Å². The predicted octanol–water partition coefficient (Wildman–Crippen LogP) is -0.0112. The minimum absolute atomic E-state index is 0.408. The number of hydrogen-bond acceptors (Lipinski definition) is 5. The molecule has 0 unspecified atom stereocenters. The van der Waals surface area contributed by atoms with Gasteiger partial charge in [-0.15, -0.1) is 0 Å². The van der Waals surface area contributed by atoms with Crippen molar-refractivity contribution in [3.8, 4) is 5.75 Å². The number of hydrogen-bond donors (Lipinski definition) is 2. The molecule has 0 spiro atoms. The highest BCUT2D eigenvalue weighted by atomic mass is 32.2. The van der Waals surface area contributed by atoms with Crippen LogP contribution in [0.3, 0.4) is 0 Å². The minimum Gasteiger partial charge on any atom is -0.495 e. The molecule has 1 radical (unpaired) electrons. The Balaban J connectivity index is 3.52. The van der Waals surface area contributed by atoms with Crippen LogP contribution >= 0.6 is 0 Å². The van der Waals surface area contributed by atoms with Crippen LogP contribution in [0, 0.1) is 6.07 Å². The maximum absolute atomic E-state index is 10.8. The summed E-state index contributed by atoms with van der Waals surface area (Å²) < 4.78 is 65.1. The van der Waals surface area contributed by atoms with Gasteiger partial charge in [-0.1, -0.05) is 0 Å². The Morgan fingerprint density at radius 1 is 1.19 bits per heavy atom. The smallest absolute Gasteiger partial charge is 0.298 e. The third-order valence-electron chi connectivity index (χ3n) is 1.63. The van der Waals surface area contributed by atoms with Gasteiger partial charge in [-0.05, 0) is 6.07 Å². The van der Waals surface area contributed by atoms with Crippen LogP contribution in [0.1, 0.15) is 0 Å². The Hall–Kier alpha value is -1.16. The van der Waals surface area contributed by atoms with Crippen LogP contribution in [-0.4, -0.2) is 33.1 Å². The van der Waals surface area contributed by atoms with Gasteiger partial charge >= 0.3 is 0 Å². The molecule has 0 amide bonds. The number of methoxy groups -OCH3 is 1. The van der Waals surface area contributed by atoms with Crippen LogP contribution in [0.15, 0.2) is 21.9 Å². The van der Waals surface area contributed by atoms with Gasteiger partial charge in [0.2, 0.25) is 0 Å². The lowest BCUT2D eigenvalue weighted by Gasteiger charge is -2.06. The highest BCUT2D eigenvalue weighted by molar-refractivity contribution is 7.86. The second-order valence-corrected chi connectivity index (χ2v) is 5.46. The quantitative estimate of drug-likeness (QED) is 0.739. The van der Waals surface area contributed by atoms with Crippen molar-refractivity contribution in [2.75, 3.05) is 7.11 Å². The molecule has 16 heavy (non-hydrogen) atoms. The van der Waals surface area contributed by atoms with E-state index < -0.39 is 35.8 Å². The lowest BCUT2D eigenvalue weighted by atomic mass is 10.3.